The molecule has 0 N–H and O–H groups in total. The zero-order valence-corrected chi connectivity index (χ0v) is 13.6. The number of ether oxygens (including phenoxy) is 1. The molecule has 0 aliphatic heterocycles. The van der Waals surface area contributed by atoms with Crippen LogP contribution in [0.4, 0.5) is 4.39 Å². The Kier molecular flexibility index (Phi) is 4.99. The van der Waals surface area contributed by atoms with Crippen LogP contribution in [0.15, 0.2) is 40.9 Å². The maximum absolute atomic E-state index is 13.4. The molecular formula is C15H13Br2FO. The molecule has 0 bridgehead atoms. The highest BCUT2D eigenvalue weighted by Crippen LogP contribution is 2.26. The van der Waals surface area contributed by atoms with Gasteiger partial charge in [-0.1, -0.05) is 45.8 Å². The number of halogens is 3. The van der Waals surface area contributed by atoms with Gasteiger partial charge in [0.05, 0.1) is 4.47 Å². The molecule has 0 aliphatic rings. The van der Waals surface area contributed by atoms with Crippen molar-refractivity contribution < 1.29 is 9.13 Å². The standard InChI is InChI=1S/C15H13Br2FO/c1-10-5-6-14(12(7-10)8-16)19-9-11-3-2-4-13(18)15(11)17/h2-7H,8-9H2,1H3. The van der Waals surface area contributed by atoms with Crippen molar-refractivity contribution in [2.24, 2.45) is 0 Å². The van der Waals surface area contributed by atoms with Gasteiger partial charge < -0.3 is 4.74 Å². The maximum Gasteiger partial charge on any atom is 0.137 e. The molecule has 0 aromatic heterocycles. The van der Waals surface area contributed by atoms with Crippen LogP contribution in [0, 0.1) is 12.7 Å². The summed E-state index contributed by atoms with van der Waals surface area (Å²) in [6.07, 6.45) is 0. The van der Waals surface area contributed by atoms with Gasteiger partial charge in [0.2, 0.25) is 0 Å². The van der Waals surface area contributed by atoms with Crippen LogP contribution in [-0.2, 0) is 11.9 Å². The van der Waals surface area contributed by atoms with E-state index in [1.54, 1.807) is 6.07 Å². The van der Waals surface area contributed by atoms with Gasteiger partial charge in [0.25, 0.3) is 0 Å². The molecule has 0 aliphatic carbocycles. The van der Waals surface area contributed by atoms with Gasteiger partial charge in [-0.25, -0.2) is 4.39 Å². The summed E-state index contributed by atoms with van der Waals surface area (Å²) in [7, 11) is 0. The molecule has 100 valence electrons. The summed E-state index contributed by atoms with van der Waals surface area (Å²) in [5.41, 5.74) is 3.07. The zero-order valence-electron chi connectivity index (χ0n) is 10.4. The normalized spacial score (nSPS) is 10.5. The Morgan fingerprint density at radius 2 is 1.95 bits per heavy atom. The van der Waals surface area contributed by atoms with Crippen LogP contribution in [0.2, 0.25) is 0 Å². The minimum absolute atomic E-state index is 0.272. The van der Waals surface area contributed by atoms with Gasteiger partial charge in [-0.15, -0.1) is 0 Å². The Morgan fingerprint density at radius 3 is 2.68 bits per heavy atom. The molecule has 0 amide bonds. The molecular weight excluding hydrogens is 375 g/mol. The first-order chi connectivity index (χ1) is 9.11. The zero-order chi connectivity index (χ0) is 13.8. The average molecular weight is 388 g/mol. The van der Waals surface area contributed by atoms with Crippen LogP contribution < -0.4 is 4.74 Å². The third kappa shape index (κ3) is 3.57. The molecule has 0 unspecified atom stereocenters. The SMILES string of the molecule is Cc1ccc(OCc2cccc(F)c2Br)c(CBr)c1. The van der Waals surface area contributed by atoms with E-state index in [4.69, 9.17) is 4.74 Å². The lowest BCUT2D eigenvalue weighted by atomic mass is 10.1. The number of hydrogen-bond acceptors (Lipinski definition) is 1. The highest BCUT2D eigenvalue weighted by atomic mass is 79.9. The molecule has 2 aromatic carbocycles. The third-order valence-corrected chi connectivity index (χ3v) is 4.27. The van der Waals surface area contributed by atoms with Gasteiger partial charge in [0.1, 0.15) is 18.2 Å². The number of alkyl halides is 1. The fraction of sp³-hybridized carbons (Fsp3) is 0.200. The molecule has 0 spiro atoms. The lowest BCUT2D eigenvalue weighted by Crippen LogP contribution is -2.00. The van der Waals surface area contributed by atoms with Crippen LogP contribution in [0.1, 0.15) is 16.7 Å². The third-order valence-electron chi connectivity index (χ3n) is 2.77. The molecule has 0 fully saturated rings. The van der Waals surface area contributed by atoms with Crippen molar-refractivity contribution in [3.05, 3.63) is 63.4 Å². The number of benzene rings is 2. The summed E-state index contributed by atoms with van der Waals surface area (Å²) < 4.78 is 19.6. The fourth-order valence-electron chi connectivity index (χ4n) is 1.77. The van der Waals surface area contributed by atoms with Gasteiger partial charge >= 0.3 is 0 Å². The summed E-state index contributed by atoms with van der Waals surface area (Å²) in [6.45, 7) is 2.38. The Bertz CT molecular complexity index is 584. The van der Waals surface area contributed by atoms with Crippen LogP contribution in [0.3, 0.4) is 0 Å². The largest absolute Gasteiger partial charge is 0.489 e. The van der Waals surface area contributed by atoms with E-state index in [1.165, 1.54) is 11.6 Å². The lowest BCUT2D eigenvalue weighted by molar-refractivity contribution is 0.302. The highest BCUT2D eigenvalue weighted by Gasteiger charge is 2.08. The summed E-state index contributed by atoms with van der Waals surface area (Å²) >= 11 is 6.68. The number of rotatable bonds is 4. The summed E-state index contributed by atoms with van der Waals surface area (Å²) in [5, 5.41) is 0.730. The maximum atomic E-state index is 13.4. The van der Waals surface area contributed by atoms with E-state index in [-0.39, 0.29) is 5.82 Å². The van der Waals surface area contributed by atoms with Gasteiger partial charge in [-0.05, 0) is 35.0 Å². The Labute approximate surface area is 129 Å². The van der Waals surface area contributed by atoms with Crippen LogP contribution in [0.5, 0.6) is 5.75 Å². The van der Waals surface area contributed by atoms with Crippen LogP contribution in [0.25, 0.3) is 0 Å². The quantitative estimate of drug-likeness (QED) is 0.640. The van der Waals surface area contributed by atoms with Crippen molar-refractivity contribution in [2.75, 3.05) is 0 Å². The van der Waals surface area contributed by atoms with E-state index in [9.17, 15) is 4.39 Å². The van der Waals surface area contributed by atoms with Crippen molar-refractivity contribution >= 4 is 31.9 Å². The monoisotopic (exact) mass is 386 g/mol. The Morgan fingerprint density at radius 1 is 1.16 bits per heavy atom. The first kappa shape index (κ1) is 14.5. The Balaban J connectivity index is 2.17. The predicted octanol–water partition coefficient (Wildman–Crippen LogP) is 5.37. The van der Waals surface area contributed by atoms with Crippen molar-refractivity contribution in [3.8, 4) is 5.75 Å². The van der Waals surface area contributed by atoms with Gasteiger partial charge in [0.15, 0.2) is 0 Å². The van der Waals surface area contributed by atoms with Gasteiger partial charge in [-0.3, -0.25) is 0 Å². The van der Waals surface area contributed by atoms with Crippen molar-refractivity contribution in [2.45, 2.75) is 18.9 Å². The molecule has 0 atom stereocenters. The summed E-state index contributed by atoms with van der Waals surface area (Å²) in [4.78, 5) is 0. The van der Waals surface area contributed by atoms with Gasteiger partial charge in [0, 0.05) is 16.5 Å². The van der Waals surface area contributed by atoms with Crippen molar-refractivity contribution in [1.82, 2.24) is 0 Å². The fourth-order valence-corrected chi connectivity index (χ4v) is 2.59. The van der Waals surface area contributed by atoms with E-state index < -0.39 is 0 Å². The Hall–Kier alpha value is -0.870. The number of aryl methyl sites for hydroxylation is 1. The minimum atomic E-state index is -0.272. The highest BCUT2D eigenvalue weighted by molar-refractivity contribution is 9.10. The van der Waals surface area contributed by atoms with Crippen molar-refractivity contribution in [3.63, 3.8) is 0 Å². The number of hydrogen-bond donors (Lipinski definition) is 0. The van der Waals surface area contributed by atoms with E-state index in [2.05, 4.69) is 37.9 Å². The molecule has 0 saturated carbocycles. The smallest absolute Gasteiger partial charge is 0.137 e. The molecule has 1 nitrogen and oxygen atoms in total. The second kappa shape index (κ2) is 6.53. The van der Waals surface area contributed by atoms with Crippen LogP contribution in [-0.4, -0.2) is 0 Å². The summed E-state index contributed by atoms with van der Waals surface area (Å²) in [5.74, 6) is 0.546. The minimum Gasteiger partial charge on any atom is -0.489 e. The van der Waals surface area contributed by atoms with Crippen LogP contribution >= 0.6 is 31.9 Å². The first-order valence-corrected chi connectivity index (χ1v) is 7.74. The van der Waals surface area contributed by atoms with E-state index in [0.717, 1.165) is 22.2 Å². The summed E-state index contributed by atoms with van der Waals surface area (Å²) in [6, 6.07) is 11.0. The molecule has 19 heavy (non-hydrogen) atoms. The second-order valence-electron chi connectivity index (χ2n) is 4.25. The first-order valence-electron chi connectivity index (χ1n) is 5.83. The van der Waals surface area contributed by atoms with Gasteiger partial charge in [-0.2, -0.15) is 0 Å². The second-order valence-corrected chi connectivity index (χ2v) is 5.60. The average Bonchev–Trinajstić information content (AvgIpc) is 2.41. The van der Waals surface area contributed by atoms with E-state index in [1.807, 2.05) is 25.1 Å². The lowest BCUT2D eigenvalue weighted by Gasteiger charge is -2.12. The predicted molar refractivity (Wildman–Crippen MR) is 82.2 cm³/mol. The van der Waals surface area contributed by atoms with Crippen molar-refractivity contribution in [1.29, 1.82) is 0 Å². The molecule has 2 rings (SSSR count). The molecule has 0 saturated heterocycles. The van der Waals surface area contributed by atoms with E-state index in [0.29, 0.717) is 11.1 Å². The molecule has 0 heterocycles. The molecule has 0 radical (unpaired) electrons. The molecule has 4 heteroatoms. The molecule has 2 aromatic rings. The topological polar surface area (TPSA) is 9.23 Å². The van der Waals surface area contributed by atoms with E-state index >= 15 is 0 Å².